The van der Waals surface area contributed by atoms with Gasteiger partial charge in [-0.25, -0.2) is 4.98 Å². The van der Waals surface area contributed by atoms with Gasteiger partial charge < -0.3 is 16.0 Å². The van der Waals surface area contributed by atoms with Gasteiger partial charge in [-0.2, -0.15) is 0 Å². The number of carbonyl (C=O) groups excluding carboxylic acids is 1. The lowest BCUT2D eigenvalue weighted by atomic mass is 10.1. The van der Waals surface area contributed by atoms with Crippen LogP contribution in [0.5, 0.6) is 0 Å². The van der Waals surface area contributed by atoms with Gasteiger partial charge in [0, 0.05) is 24.8 Å². The van der Waals surface area contributed by atoms with E-state index in [1.54, 1.807) is 6.20 Å². The van der Waals surface area contributed by atoms with Crippen LogP contribution in [0.1, 0.15) is 18.4 Å². The summed E-state index contributed by atoms with van der Waals surface area (Å²) in [5.74, 6) is 0.941. The molecule has 1 saturated heterocycles. The molecule has 5 heteroatoms. The number of nitrogens with one attached hydrogen (secondary N) is 1. The highest BCUT2D eigenvalue weighted by molar-refractivity contribution is 6.08. The fraction of sp³-hybridized carbons (Fsp3) is 0.308. The molecule has 1 aliphatic rings. The lowest BCUT2D eigenvalue weighted by Gasteiger charge is -2.16. The molecule has 18 heavy (non-hydrogen) atoms. The number of pyridine rings is 1. The Labute approximate surface area is 106 Å². The molecule has 0 atom stereocenters. The standard InChI is InChI=1S/C13H16N4O/c14-11(9-18)7-12(15)10-3-4-13(16-8-10)17-5-1-2-6-17/h3-4,7-9,15H,1-2,5-6,14H2/b11-7-,15-12?. The number of rotatable bonds is 4. The Balaban J connectivity index is 2.12. The zero-order chi connectivity index (χ0) is 13.0. The van der Waals surface area contributed by atoms with Gasteiger partial charge in [0.05, 0.1) is 11.4 Å². The van der Waals surface area contributed by atoms with E-state index >= 15 is 0 Å². The zero-order valence-electron chi connectivity index (χ0n) is 10.1. The van der Waals surface area contributed by atoms with Crippen molar-refractivity contribution in [3.8, 4) is 0 Å². The van der Waals surface area contributed by atoms with Crippen molar-refractivity contribution >= 4 is 17.8 Å². The molecule has 0 saturated carbocycles. The maximum Gasteiger partial charge on any atom is 0.165 e. The van der Waals surface area contributed by atoms with Gasteiger partial charge in [0.15, 0.2) is 6.29 Å². The van der Waals surface area contributed by atoms with E-state index in [2.05, 4.69) is 9.88 Å². The highest BCUT2D eigenvalue weighted by Crippen LogP contribution is 2.17. The van der Waals surface area contributed by atoms with Gasteiger partial charge in [-0.1, -0.05) is 0 Å². The zero-order valence-corrected chi connectivity index (χ0v) is 10.1. The van der Waals surface area contributed by atoms with Crippen molar-refractivity contribution in [1.29, 1.82) is 5.41 Å². The minimum absolute atomic E-state index is 0.0450. The van der Waals surface area contributed by atoms with Crippen molar-refractivity contribution in [1.82, 2.24) is 4.98 Å². The van der Waals surface area contributed by atoms with E-state index in [9.17, 15) is 4.79 Å². The second-order valence-corrected chi connectivity index (χ2v) is 4.28. The number of nitrogens with two attached hydrogens (primary N) is 1. The topological polar surface area (TPSA) is 83.1 Å². The number of carbonyl (C=O) groups is 1. The van der Waals surface area contributed by atoms with E-state index in [1.807, 2.05) is 12.1 Å². The van der Waals surface area contributed by atoms with Gasteiger partial charge in [0.1, 0.15) is 5.82 Å². The summed E-state index contributed by atoms with van der Waals surface area (Å²) in [6.07, 6.45) is 5.92. The molecule has 0 aromatic carbocycles. The minimum atomic E-state index is 0.0450. The van der Waals surface area contributed by atoms with Gasteiger partial charge in [0.25, 0.3) is 0 Å². The van der Waals surface area contributed by atoms with Crippen molar-refractivity contribution in [3.05, 3.63) is 35.7 Å². The number of anilines is 1. The van der Waals surface area contributed by atoms with Crippen LogP contribution < -0.4 is 10.6 Å². The van der Waals surface area contributed by atoms with Crippen molar-refractivity contribution in [3.63, 3.8) is 0 Å². The summed E-state index contributed by atoms with van der Waals surface area (Å²) < 4.78 is 0. The molecule has 0 bridgehead atoms. The Kier molecular flexibility index (Phi) is 3.72. The van der Waals surface area contributed by atoms with E-state index in [1.165, 1.54) is 18.9 Å². The predicted octanol–water partition coefficient (Wildman–Crippen LogP) is 1.09. The third-order valence-corrected chi connectivity index (χ3v) is 2.94. The predicted molar refractivity (Wildman–Crippen MR) is 70.8 cm³/mol. The third-order valence-electron chi connectivity index (χ3n) is 2.94. The molecule has 94 valence electrons. The quantitative estimate of drug-likeness (QED) is 0.472. The summed E-state index contributed by atoms with van der Waals surface area (Å²) in [5, 5.41) is 7.77. The van der Waals surface area contributed by atoms with Gasteiger partial charge >= 0.3 is 0 Å². The van der Waals surface area contributed by atoms with Crippen LogP contribution >= 0.6 is 0 Å². The Morgan fingerprint density at radius 2 is 2.11 bits per heavy atom. The molecule has 0 spiro atoms. The second kappa shape index (κ2) is 5.44. The number of aldehydes is 1. The average Bonchev–Trinajstić information content (AvgIpc) is 2.92. The summed E-state index contributed by atoms with van der Waals surface area (Å²) in [7, 11) is 0. The van der Waals surface area contributed by atoms with Crippen LogP contribution in [-0.4, -0.2) is 30.1 Å². The molecule has 5 nitrogen and oxygen atoms in total. The van der Waals surface area contributed by atoms with E-state index in [4.69, 9.17) is 11.1 Å². The minimum Gasteiger partial charge on any atom is -0.396 e. The first-order valence-corrected chi connectivity index (χ1v) is 5.93. The van der Waals surface area contributed by atoms with Gasteiger partial charge in [-0.3, -0.25) is 4.79 Å². The van der Waals surface area contributed by atoms with Crippen molar-refractivity contribution in [2.45, 2.75) is 12.8 Å². The van der Waals surface area contributed by atoms with E-state index in [0.717, 1.165) is 18.9 Å². The molecule has 1 aromatic rings. The highest BCUT2D eigenvalue weighted by Gasteiger charge is 2.13. The molecule has 2 rings (SSSR count). The summed E-state index contributed by atoms with van der Waals surface area (Å²) >= 11 is 0. The molecule has 1 aromatic heterocycles. The van der Waals surface area contributed by atoms with Crippen LogP contribution in [0.15, 0.2) is 30.1 Å². The lowest BCUT2D eigenvalue weighted by Crippen LogP contribution is -2.18. The number of allylic oxidation sites excluding steroid dienone is 2. The van der Waals surface area contributed by atoms with Crippen LogP contribution in [-0.2, 0) is 4.79 Å². The van der Waals surface area contributed by atoms with Gasteiger partial charge in [-0.15, -0.1) is 0 Å². The van der Waals surface area contributed by atoms with E-state index < -0.39 is 0 Å². The summed E-state index contributed by atoms with van der Waals surface area (Å²) in [5.41, 5.74) is 6.26. The van der Waals surface area contributed by atoms with Gasteiger partial charge in [0.2, 0.25) is 0 Å². The molecule has 0 radical (unpaired) electrons. The molecular weight excluding hydrogens is 228 g/mol. The maximum absolute atomic E-state index is 10.4. The smallest absolute Gasteiger partial charge is 0.165 e. The van der Waals surface area contributed by atoms with Crippen molar-refractivity contribution in [2.24, 2.45) is 5.73 Å². The average molecular weight is 244 g/mol. The van der Waals surface area contributed by atoms with Crippen molar-refractivity contribution < 1.29 is 4.79 Å². The SMILES string of the molecule is N=C(/C=C(\N)C=O)c1ccc(N2CCCC2)nc1. The molecular formula is C13H16N4O. The van der Waals surface area contributed by atoms with Crippen LogP contribution in [0, 0.1) is 5.41 Å². The van der Waals surface area contributed by atoms with Gasteiger partial charge in [-0.05, 0) is 31.1 Å². The van der Waals surface area contributed by atoms with E-state index in [0.29, 0.717) is 11.8 Å². The first-order chi connectivity index (χ1) is 8.70. The number of hydrogen-bond acceptors (Lipinski definition) is 5. The first kappa shape index (κ1) is 12.3. The molecule has 0 unspecified atom stereocenters. The Bertz CT molecular complexity index is 472. The van der Waals surface area contributed by atoms with Crippen LogP contribution in [0.4, 0.5) is 5.82 Å². The molecule has 1 aliphatic heterocycles. The third kappa shape index (κ3) is 2.74. The maximum atomic E-state index is 10.4. The van der Waals surface area contributed by atoms with E-state index in [-0.39, 0.29) is 11.4 Å². The molecule has 2 heterocycles. The summed E-state index contributed by atoms with van der Waals surface area (Å²) in [4.78, 5) is 17.0. The van der Waals surface area contributed by atoms with Crippen LogP contribution in [0.2, 0.25) is 0 Å². The fourth-order valence-electron chi connectivity index (χ4n) is 1.96. The summed E-state index contributed by atoms with van der Waals surface area (Å²) in [6.45, 7) is 2.09. The molecule has 1 fully saturated rings. The van der Waals surface area contributed by atoms with Crippen molar-refractivity contribution in [2.75, 3.05) is 18.0 Å². The van der Waals surface area contributed by atoms with Crippen LogP contribution in [0.25, 0.3) is 0 Å². The second-order valence-electron chi connectivity index (χ2n) is 4.28. The Hall–Kier alpha value is -2.17. The Morgan fingerprint density at radius 1 is 1.39 bits per heavy atom. The fourth-order valence-corrected chi connectivity index (χ4v) is 1.96. The molecule has 3 N–H and O–H groups in total. The highest BCUT2D eigenvalue weighted by atomic mass is 16.1. The largest absolute Gasteiger partial charge is 0.396 e. The normalized spacial score (nSPS) is 15.8. The number of hydrogen-bond donors (Lipinski definition) is 2. The number of nitrogens with zero attached hydrogens (tertiary/aromatic N) is 2. The molecule has 0 amide bonds. The van der Waals surface area contributed by atoms with Crippen LogP contribution in [0.3, 0.4) is 0 Å². The summed E-state index contributed by atoms with van der Waals surface area (Å²) in [6, 6.07) is 3.73. The number of aromatic nitrogens is 1. The molecule has 0 aliphatic carbocycles. The Morgan fingerprint density at radius 3 is 2.67 bits per heavy atom. The first-order valence-electron chi connectivity index (χ1n) is 5.93. The monoisotopic (exact) mass is 244 g/mol. The lowest BCUT2D eigenvalue weighted by molar-refractivity contribution is -0.104.